The molecule has 0 saturated carbocycles. The lowest BCUT2D eigenvalue weighted by Gasteiger charge is -2.33. The van der Waals surface area contributed by atoms with Gasteiger partial charge in [-0.15, -0.1) is 0 Å². The van der Waals surface area contributed by atoms with Gasteiger partial charge < -0.3 is 19.7 Å². The number of hydrogen-bond acceptors (Lipinski definition) is 1. The van der Waals surface area contributed by atoms with E-state index in [1.807, 2.05) is 12.1 Å². The van der Waals surface area contributed by atoms with E-state index in [1.165, 1.54) is 21.1 Å². The summed E-state index contributed by atoms with van der Waals surface area (Å²) < 4.78 is 2.30. The van der Waals surface area contributed by atoms with E-state index in [-0.39, 0.29) is 11.9 Å². The third-order valence-corrected chi connectivity index (χ3v) is 5.89. The van der Waals surface area contributed by atoms with Crippen LogP contribution in [0.1, 0.15) is 31.1 Å². The lowest BCUT2D eigenvalue weighted by Crippen LogP contribution is -3.15. The number of aromatic nitrogens is 1. The molecule has 0 saturated heterocycles. The summed E-state index contributed by atoms with van der Waals surface area (Å²) in [7, 11) is 0. The van der Waals surface area contributed by atoms with E-state index in [1.54, 1.807) is 0 Å². The summed E-state index contributed by atoms with van der Waals surface area (Å²) in [5.41, 5.74) is 2.47. The molecule has 5 nitrogen and oxygen atoms in total. The van der Waals surface area contributed by atoms with E-state index < -0.39 is 0 Å². The molecule has 0 spiro atoms. The average molecular weight is 391 g/mol. The predicted octanol–water partition coefficient (Wildman–Crippen LogP) is 0.170. The van der Waals surface area contributed by atoms with Crippen molar-refractivity contribution in [3.63, 3.8) is 0 Å². The Bertz CT molecular complexity index is 739. The number of fused-ring (bicyclic) bond motifs is 1. The Kier molecular flexibility index (Phi) is 6.94. The number of likely N-dealkylation sites (N-methyl/N-ethyl adjacent to an activating group) is 1. The topological polar surface area (TPSA) is 42.9 Å². The smallest absolute Gasteiger partial charge is 0.275 e. The molecule has 1 unspecified atom stereocenters. The largest absolute Gasteiger partial charge is 0.346 e. The standard InChI is InChI=1S/C21H29ClN4O/c1-3-24(4-2)13-11-23-20(27)16-26-15-14-25-12-5-6-19(25)21(26)17-7-9-18(22)10-8-17/h5-10,12,21H,3-4,11,13-16H2,1-2H3,(H,23,27)/p+2/t21-/m1/s1. The van der Waals surface area contributed by atoms with Gasteiger partial charge in [-0.1, -0.05) is 23.7 Å². The Labute approximate surface area is 166 Å². The lowest BCUT2D eigenvalue weighted by molar-refractivity contribution is -0.922. The maximum atomic E-state index is 12.6. The summed E-state index contributed by atoms with van der Waals surface area (Å²) >= 11 is 6.08. The summed E-state index contributed by atoms with van der Waals surface area (Å²) in [6.45, 7) is 10.7. The maximum Gasteiger partial charge on any atom is 0.275 e. The minimum absolute atomic E-state index is 0.135. The molecular weight excluding hydrogens is 360 g/mol. The van der Waals surface area contributed by atoms with Crippen LogP contribution in [-0.4, -0.2) is 49.7 Å². The molecule has 6 heteroatoms. The molecule has 1 amide bonds. The zero-order valence-electron chi connectivity index (χ0n) is 16.3. The zero-order valence-corrected chi connectivity index (χ0v) is 17.1. The van der Waals surface area contributed by atoms with Crippen molar-refractivity contribution in [2.45, 2.75) is 26.4 Å². The molecule has 2 aromatic rings. The quantitative estimate of drug-likeness (QED) is 0.591. The van der Waals surface area contributed by atoms with Gasteiger partial charge in [0.05, 0.1) is 45.0 Å². The normalized spacial score (nSPS) is 19.1. The second kappa shape index (κ2) is 9.40. The van der Waals surface area contributed by atoms with Crippen molar-refractivity contribution >= 4 is 17.5 Å². The molecule has 0 radical (unpaired) electrons. The number of amides is 1. The maximum absolute atomic E-state index is 12.6. The van der Waals surface area contributed by atoms with Crippen molar-refractivity contribution in [1.29, 1.82) is 0 Å². The van der Waals surface area contributed by atoms with Crippen molar-refractivity contribution < 1.29 is 14.6 Å². The minimum Gasteiger partial charge on any atom is -0.346 e. The highest BCUT2D eigenvalue weighted by Gasteiger charge is 2.33. The van der Waals surface area contributed by atoms with Crippen molar-refractivity contribution in [1.82, 2.24) is 9.88 Å². The fourth-order valence-corrected chi connectivity index (χ4v) is 4.14. The molecule has 1 aromatic carbocycles. The highest BCUT2D eigenvalue weighted by atomic mass is 35.5. The first-order valence-electron chi connectivity index (χ1n) is 9.97. The fourth-order valence-electron chi connectivity index (χ4n) is 4.01. The van der Waals surface area contributed by atoms with Crippen LogP contribution in [0.4, 0.5) is 0 Å². The van der Waals surface area contributed by atoms with Crippen LogP contribution in [0.5, 0.6) is 0 Å². The van der Waals surface area contributed by atoms with Gasteiger partial charge in [-0.05, 0) is 38.1 Å². The molecule has 3 N–H and O–H groups in total. The molecule has 1 aromatic heterocycles. The number of nitrogens with zero attached hydrogens (tertiary/aromatic N) is 1. The van der Waals surface area contributed by atoms with Crippen LogP contribution < -0.4 is 15.1 Å². The van der Waals surface area contributed by atoms with E-state index >= 15 is 0 Å². The van der Waals surface area contributed by atoms with Gasteiger partial charge in [-0.25, -0.2) is 0 Å². The zero-order chi connectivity index (χ0) is 19.2. The fraction of sp³-hybridized carbons (Fsp3) is 0.476. The molecule has 0 bridgehead atoms. The van der Waals surface area contributed by atoms with Crippen molar-refractivity contribution in [2.75, 3.05) is 39.3 Å². The Balaban J connectivity index is 1.68. The van der Waals surface area contributed by atoms with Crippen molar-refractivity contribution in [3.8, 4) is 0 Å². The van der Waals surface area contributed by atoms with Crippen LogP contribution >= 0.6 is 11.6 Å². The predicted molar refractivity (Wildman–Crippen MR) is 108 cm³/mol. The average Bonchev–Trinajstić information content (AvgIpc) is 3.15. The van der Waals surface area contributed by atoms with Gasteiger partial charge in [0.15, 0.2) is 12.6 Å². The summed E-state index contributed by atoms with van der Waals surface area (Å²) in [6, 6.07) is 12.4. The van der Waals surface area contributed by atoms with Gasteiger partial charge in [0.1, 0.15) is 0 Å². The molecule has 1 aliphatic heterocycles. The summed E-state index contributed by atoms with van der Waals surface area (Å²) in [4.78, 5) is 15.4. The molecule has 3 rings (SSSR count). The Morgan fingerprint density at radius 3 is 2.70 bits per heavy atom. The van der Waals surface area contributed by atoms with Crippen LogP contribution in [0, 0.1) is 0 Å². The monoisotopic (exact) mass is 390 g/mol. The number of rotatable bonds is 8. The van der Waals surface area contributed by atoms with Gasteiger partial charge >= 0.3 is 0 Å². The first kappa shape index (κ1) is 19.9. The number of carbonyl (C=O) groups is 1. The lowest BCUT2D eigenvalue weighted by atomic mass is 10.00. The summed E-state index contributed by atoms with van der Waals surface area (Å²) in [5.74, 6) is 0.135. The third-order valence-electron chi connectivity index (χ3n) is 5.63. The van der Waals surface area contributed by atoms with Gasteiger partial charge in [0, 0.05) is 16.8 Å². The van der Waals surface area contributed by atoms with Crippen LogP contribution in [0.25, 0.3) is 0 Å². The van der Waals surface area contributed by atoms with Crippen molar-refractivity contribution in [2.24, 2.45) is 0 Å². The van der Waals surface area contributed by atoms with E-state index in [9.17, 15) is 4.79 Å². The number of nitrogens with one attached hydrogen (secondary N) is 3. The van der Waals surface area contributed by atoms with E-state index in [0.29, 0.717) is 6.54 Å². The van der Waals surface area contributed by atoms with E-state index in [4.69, 9.17) is 11.6 Å². The number of halogens is 1. The molecule has 1 aliphatic rings. The van der Waals surface area contributed by atoms with Crippen LogP contribution in [0.2, 0.25) is 5.02 Å². The molecule has 0 fully saturated rings. The second-order valence-electron chi connectivity index (χ2n) is 7.25. The summed E-state index contributed by atoms with van der Waals surface area (Å²) in [5, 5.41) is 3.86. The number of quaternary nitrogens is 2. The van der Waals surface area contributed by atoms with E-state index in [2.05, 4.69) is 54.2 Å². The molecule has 2 heterocycles. The molecular formula is C21H31ClN4O+2. The minimum atomic E-state index is 0.135. The number of carbonyl (C=O) groups excluding carboxylic acids is 1. The Morgan fingerprint density at radius 1 is 1.26 bits per heavy atom. The van der Waals surface area contributed by atoms with Gasteiger partial charge in [-0.3, -0.25) is 4.79 Å². The SMILES string of the molecule is CC[NH+](CC)CCNC(=O)C[NH+]1CCn2cccc2[C@H]1c1ccc(Cl)cc1. The Morgan fingerprint density at radius 2 is 2.00 bits per heavy atom. The van der Waals surface area contributed by atoms with Crippen LogP contribution in [0.3, 0.4) is 0 Å². The summed E-state index contributed by atoms with van der Waals surface area (Å²) in [6.07, 6.45) is 2.13. The third kappa shape index (κ3) is 4.92. The Hall–Kier alpha value is -1.82. The number of benzene rings is 1. The van der Waals surface area contributed by atoms with Crippen LogP contribution in [-0.2, 0) is 11.3 Å². The second-order valence-corrected chi connectivity index (χ2v) is 7.69. The highest BCUT2D eigenvalue weighted by Crippen LogP contribution is 2.23. The van der Waals surface area contributed by atoms with Crippen molar-refractivity contribution in [3.05, 3.63) is 58.9 Å². The van der Waals surface area contributed by atoms with Gasteiger partial charge in [-0.2, -0.15) is 0 Å². The first-order chi connectivity index (χ1) is 13.1. The highest BCUT2D eigenvalue weighted by molar-refractivity contribution is 6.30. The van der Waals surface area contributed by atoms with E-state index in [0.717, 1.165) is 44.3 Å². The van der Waals surface area contributed by atoms with Gasteiger partial charge in [0.2, 0.25) is 0 Å². The first-order valence-corrected chi connectivity index (χ1v) is 10.4. The number of hydrogen-bond donors (Lipinski definition) is 3. The molecule has 2 atom stereocenters. The molecule has 27 heavy (non-hydrogen) atoms. The molecule has 146 valence electrons. The molecule has 0 aliphatic carbocycles. The van der Waals surface area contributed by atoms with Crippen LogP contribution in [0.15, 0.2) is 42.6 Å². The van der Waals surface area contributed by atoms with Gasteiger partial charge in [0.25, 0.3) is 5.91 Å².